The van der Waals surface area contributed by atoms with E-state index in [4.69, 9.17) is 0 Å². The van der Waals surface area contributed by atoms with Gasteiger partial charge in [0.25, 0.3) is 17.3 Å². The van der Waals surface area contributed by atoms with E-state index in [1.54, 1.807) is 48.7 Å². The molecule has 0 aliphatic rings. The van der Waals surface area contributed by atoms with Crippen molar-refractivity contribution in [3.8, 4) is 0 Å². The lowest BCUT2D eigenvalue weighted by Crippen LogP contribution is -2.30. The molecule has 0 saturated carbocycles. The van der Waals surface area contributed by atoms with Crippen molar-refractivity contribution in [1.29, 1.82) is 0 Å². The molecule has 146 valence electrons. The van der Waals surface area contributed by atoms with Crippen molar-refractivity contribution in [1.82, 2.24) is 10.3 Å². The Labute approximate surface area is 165 Å². The smallest absolute Gasteiger partial charge is 0.279 e. The second-order valence-corrected chi connectivity index (χ2v) is 6.23. The average Bonchev–Trinajstić information content (AvgIpc) is 2.72. The van der Waals surface area contributed by atoms with Crippen molar-refractivity contribution in [2.24, 2.45) is 0 Å². The molecule has 0 bridgehead atoms. The maximum absolute atomic E-state index is 12.9. The third-order valence-corrected chi connectivity index (χ3v) is 4.40. The number of hydrogen-bond acceptors (Lipinski definition) is 6. The molecule has 1 unspecified atom stereocenters. The van der Waals surface area contributed by atoms with Gasteiger partial charge in [0, 0.05) is 18.3 Å². The standard InChI is InChI=1S/C20H16N4O5/c1-13-17(23(26)27)11-15(12-18(13)24(28)29)20(25)22-19(14-7-3-2-4-8-14)16-9-5-6-10-21-16/h2-12,19H,1H3,(H,22,25). The van der Waals surface area contributed by atoms with Crippen LogP contribution in [0.15, 0.2) is 66.9 Å². The third-order valence-electron chi connectivity index (χ3n) is 4.40. The molecule has 0 aliphatic carbocycles. The van der Waals surface area contributed by atoms with Crippen molar-refractivity contribution in [3.63, 3.8) is 0 Å². The normalized spacial score (nSPS) is 11.5. The number of hydrogen-bond donors (Lipinski definition) is 1. The molecular weight excluding hydrogens is 376 g/mol. The van der Waals surface area contributed by atoms with Crippen LogP contribution < -0.4 is 5.32 Å². The van der Waals surface area contributed by atoms with Crippen molar-refractivity contribution < 1.29 is 14.6 Å². The number of benzene rings is 2. The van der Waals surface area contributed by atoms with Crippen molar-refractivity contribution in [3.05, 3.63) is 109 Å². The van der Waals surface area contributed by atoms with Gasteiger partial charge in [0.1, 0.15) is 5.56 Å². The lowest BCUT2D eigenvalue weighted by molar-refractivity contribution is -0.395. The molecule has 0 spiro atoms. The molecule has 3 rings (SSSR count). The zero-order chi connectivity index (χ0) is 21.0. The van der Waals surface area contributed by atoms with E-state index in [9.17, 15) is 25.0 Å². The molecule has 3 aromatic rings. The Bertz CT molecular complexity index is 996. The molecular formula is C20H16N4O5. The highest BCUT2D eigenvalue weighted by molar-refractivity contribution is 5.96. The van der Waals surface area contributed by atoms with E-state index in [0.717, 1.165) is 17.7 Å². The minimum atomic E-state index is -0.744. The van der Waals surface area contributed by atoms with Crippen LogP contribution in [-0.4, -0.2) is 20.7 Å². The minimum absolute atomic E-state index is 0.110. The van der Waals surface area contributed by atoms with E-state index in [1.165, 1.54) is 6.92 Å². The summed E-state index contributed by atoms with van der Waals surface area (Å²) in [6.45, 7) is 1.28. The molecule has 1 heterocycles. The lowest BCUT2D eigenvalue weighted by Gasteiger charge is -2.19. The van der Waals surface area contributed by atoms with Crippen LogP contribution in [0.5, 0.6) is 0 Å². The minimum Gasteiger partial charge on any atom is -0.340 e. The van der Waals surface area contributed by atoms with Crippen molar-refractivity contribution >= 4 is 17.3 Å². The molecule has 29 heavy (non-hydrogen) atoms. The maximum atomic E-state index is 12.9. The van der Waals surface area contributed by atoms with Gasteiger partial charge in [-0.25, -0.2) is 0 Å². The molecule has 9 nitrogen and oxygen atoms in total. The van der Waals surface area contributed by atoms with Gasteiger partial charge in [-0.3, -0.25) is 30.0 Å². The first-order valence-electron chi connectivity index (χ1n) is 8.58. The fourth-order valence-electron chi connectivity index (χ4n) is 2.93. The first-order valence-corrected chi connectivity index (χ1v) is 8.58. The molecule has 0 saturated heterocycles. The number of carbonyl (C=O) groups excluding carboxylic acids is 1. The van der Waals surface area contributed by atoms with Crippen LogP contribution in [0.25, 0.3) is 0 Å². The second kappa shape index (κ2) is 8.26. The maximum Gasteiger partial charge on any atom is 0.279 e. The summed E-state index contributed by atoms with van der Waals surface area (Å²) >= 11 is 0. The Morgan fingerprint density at radius 2 is 1.55 bits per heavy atom. The lowest BCUT2D eigenvalue weighted by atomic mass is 10.0. The molecule has 1 amide bonds. The largest absolute Gasteiger partial charge is 0.340 e. The summed E-state index contributed by atoms with van der Waals surface area (Å²) in [6, 6.07) is 15.7. The highest BCUT2D eigenvalue weighted by Crippen LogP contribution is 2.30. The Kier molecular flexibility index (Phi) is 5.59. The van der Waals surface area contributed by atoms with Gasteiger partial charge in [0.15, 0.2) is 0 Å². The SMILES string of the molecule is Cc1c([N+](=O)[O-])cc(C(=O)NC(c2ccccc2)c2ccccn2)cc1[N+](=O)[O-]. The van der Waals surface area contributed by atoms with Crippen LogP contribution in [0, 0.1) is 27.2 Å². The molecule has 2 aromatic carbocycles. The number of carbonyl (C=O) groups is 1. The van der Waals surface area contributed by atoms with Gasteiger partial charge in [-0.05, 0) is 24.6 Å². The Hall–Kier alpha value is -4.14. The van der Waals surface area contributed by atoms with Crippen molar-refractivity contribution in [2.45, 2.75) is 13.0 Å². The molecule has 1 atom stereocenters. The molecule has 9 heteroatoms. The van der Waals surface area contributed by atoms with Crippen LogP contribution >= 0.6 is 0 Å². The quantitative estimate of drug-likeness (QED) is 0.503. The predicted octanol–water partition coefficient (Wildman–Crippen LogP) is 3.73. The number of pyridine rings is 1. The summed E-state index contributed by atoms with van der Waals surface area (Å²) in [6.07, 6.45) is 1.58. The van der Waals surface area contributed by atoms with Gasteiger partial charge < -0.3 is 5.32 Å². The molecule has 0 radical (unpaired) electrons. The number of aromatic nitrogens is 1. The van der Waals surface area contributed by atoms with E-state index in [1.807, 2.05) is 6.07 Å². The van der Waals surface area contributed by atoms with E-state index in [2.05, 4.69) is 10.3 Å². The van der Waals surface area contributed by atoms with Crippen molar-refractivity contribution in [2.75, 3.05) is 0 Å². The summed E-state index contributed by atoms with van der Waals surface area (Å²) in [5.74, 6) is -0.685. The van der Waals surface area contributed by atoms with E-state index in [0.29, 0.717) is 5.69 Å². The monoisotopic (exact) mass is 392 g/mol. The summed E-state index contributed by atoms with van der Waals surface area (Å²) < 4.78 is 0. The number of nitrogens with zero attached hydrogens (tertiary/aromatic N) is 3. The Balaban J connectivity index is 2.03. The van der Waals surface area contributed by atoms with Crippen LogP contribution in [0.3, 0.4) is 0 Å². The fraction of sp³-hybridized carbons (Fsp3) is 0.100. The third kappa shape index (κ3) is 4.24. The number of nitro benzene ring substituents is 2. The van der Waals surface area contributed by atoms with E-state index in [-0.39, 0.29) is 11.1 Å². The predicted molar refractivity (Wildman–Crippen MR) is 104 cm³/mol. The number of nitrogens with one attached hydrogen (secondary N) is 1. The van der Waals surface area contributed by atoms with Crippen LogP contribution in [0.1, 0.15) is 33.2 Å². The van der Waals surface area contributed by atoms with Gasteiger partial charge in [-0.15, -0.1) is 0 Å². The highest BCUT2D eigenvalue weighted by atomic mass is 16.6. The van der Waals surface area contributed by atoms with Crippen LogP contribution in [-0.2, 0) is 0 Å². The zero-order valence-electron chi connectivity index (χ0n) is 15.3. The average molecular weight is 392 g/mol. The Morgan fingerprint density at radius 1 is 0.966 bits per heavy atom. The number of rotatable bonds is 6. The number of nitro groups is 2. The first-order chi connectivity index (χ1) is 13.9. The van der Waals surface area contributed by atoms with Crippen LogP contribution in [0.4, 0.5) is 11.4 Å². The number of amides is 1. The topological polar surface area (TPSA) is 128 Å². The molecule has 0 fully saturated rings. The summed E-state index contributed by atoms with van der Waals surface area (Å²) in [4.78, 5) is 38.2. The summed E-state index contributed by atoms with van der Waals surface area (Å²) in [5.41, 5.74) is 0.0439. The molecule has 0 aliphatic heterocycles. The van der Waals surface area contributed by atoms with Gasteiger partial charge in [0.05, 0.1) is 27.1 Å². The van der Waals surface area contributed by atoms with Gasteiger partial charge in [-0.2, -0.15) is 0 Å². The fourth-order valence-corrected chi connectivity index (χ4v) is 2.93. The van der Waals surface area contributed by atoms with Crippen LogP contribution in [0.2, 0.25) is 0 Å². The van der Waals surface area contributed by atoms with E-state index < -0.39 is 33.2 Å². The van der Waals surface area contributed by atoms with E-state index >= 15 is 0 Å². The highest BCUT2D eigenvalue weighted by Gasteiger charge is 2.27. The summed E-state index contributed by atoms with van der Waals surface area (Å²) in [7, 11) is 0. The zero-order valence-corrected chi connectivity index (χ0v) is 15.3. The first kappa shape index (κ1) is 19.6. The van der Waals surface area contributed by atoms with Gasteiger partial charge in [-0.1, -0.05) is 36.4 Å². The molecule has 1 aromatic heterocycles. The van der Waals surface area contributed by atoms with Gasteiger partial charge >= 0.3 is 0 Å². The molecule has 1 N–H and O–H groups in total. The van der Waals surface area contributed by atoms with Gasteiger partial charge in [0.2, 0.25) is 0 Å². The Morgan fingerprint density at radius 3 is 2.07 bits per heavy atom. The second-order valence-electron chi connectivity index (χ2n) is 6.23. The summed E-state index contributed by atoms with van der Waals surface area (Å²) in [5, 5.41) is 25.3.